The second kappa shape index (κ2) is 10.6. The van der Waals surface area contributed by atoms with Crippen molar-refractivity contribution in [2.45, 2.75) is 51.0 Å². The number of ether oxygens (including phenoxy) is 1. The van der Waals surface area contributed by atoms with Gasteiger partial charge in [0.05, 0.1) is 17.0 Å². The summed E-state index contributed by atoms with van der Waals surface area (Å²) in [7, 11) is 0. The van der Waals surface area contributed by atoms with Crippen LogP contribution in [0.1, 0.15) is 45.6 Å². The largest absolute Gasteiger partial charge is 0.488 e. The molecule has 0 aliphatic heterocycles. The molecule has 31 heavy (non-hydrogen) atoms. The lowest BCUT2D eigenvalue weighted by atomic mass is 9.75. The summed E-state index contributed by atoms with van der Waals surface area (Å²) < 4.78 is 6.35. The molecule has 1 amide bonds. The van der Waals surface area contributed by atoms with Crippen molar-refractivity contribution in [3.05, 3.63) is 48.0 Å². The normalized spacial score (nSPS) is 20.8. The van der Waals surface area contributed by atoms with Gasteiger partial charge in [-0.05, 0) is 60.9 Å². The van der Waals surface area contributed by atoms with Crippen LogP contribution in [-0.4, -0.2) is 17.8 Å². The number of hydrogen-bond donors (Lipinski definition) is 2. The molecule has 0 aromatic heterocycles. The fourth-order valence-electron chi connectivity index (χ4n) is 4.17. The summed E-state index contributed by atoms with van der Waals surface area (Å²) in [5.41, 5.74) is 8.00. The molecule has 1 aliphatic rings. The molecule has 2 aromatic rings. The highest BCUT2D eigenvalue weighted by molar-refractivity contribution is 8.00. The van der Waals surface area contributed by atoms with Gasteiger partial charge in [0, 0.05) is 10.6 Å². The molecule has 1 unspecified atom stereocenters. The summed E-state index contributed by atoms with van der Waals surface area (Å²) in [5.74, 6) is 2.51. The highest BCUT2D eigenvalue weighted by Crippen LogP contribution is 2.37. The van der Waals surface area contributed by atoms with E-state index in [4.69, 9.17) is 15.7 Å². The van der Waals surface area contributed by atoms with Gasteiger partial charge in [0.25, 0.3) is 0 Å². The Hall–Kier alpha value is -2.65. The Morgan fingerprint density at radius 2 is 2.06 bits per heavy atom. The van der Waals surface area contributed by atoms with Crippen molar-refractivity contribution in [1.29, 1.82) is 5.26 Å². The first-order chi connectivity index (χ1) is 14.9. The highest BCUT2D eigenvalue weighted by atomic mass is 32.2. The minimum atomic E-state index is -0.146. The highest BCUT2D eigenvalue weighted by Gasteiger charge is 2.32. The van der Waals surface area contributed by atoms with Crippen molar-refractivity contribution in [2.75, 3.05) is 16.8 Å². The van der Waals surface area contributed by atoms with Crippen molar-refractivity contribution in [3.8, 4) is 11.8 Å². The van der Waals surface area contributed by atoms with Gasteiger partial charge >= 0.3 is 0 Å². The fraction of sp³-hybridized carbons (Fsp3) is 0.440. The van der Waals surface area contributed by atoms with E-state index < -0.39 is 0 Å². The number of nitrogen functional groups attached to an aromatic ring is 1. The van der Waals surface area contributed by atoms with Crippen LogP contribution in [0, 0.1) is 29.1 Å². The van der Waals surface area contributed by atoms with E-state index in [0.29, 0.717) is 40.4 Å². The van der Waals surface area contributed by atoms with E-state index in [0.717, 1.165) is 11.3 Å². The van der Waals surface area contributed by atoms with Crippen LogP contribution in [-0.2, 0) is 4.79 Å². The first-order valence-corrected chi connectivity index (χ1v) is 11.8. The molecule has 1 aliphatic carbocycles. The molecular weight excluding hydrogens is 406 g/mol. The molecular formula is C25H31N3O2S. The van der Waals surface area contributed by atoms with Gasteiger partial charge in [-0.1, -0.05) is 39.3 Å². The summed E-state index contributed by atoms with van der Waals surface area (Å²) in [6, 6.07) is 14.8. The lowest BCUT2D eigenvalue weighted by molar-refractivity contribution is -0.113. The topological polar surface area (TPSA) is 88.1 Å². The predicted octanol–water partition coefficient (Wildman–Crippen LogP) is 5.71. The number of anilines is 2. The Morgan fingerprint density at radius 1 is 1.29 bits per heavy atom. The van der Waals surface area contributed by atoms with Crippen molar-refractivity contribution in [2.24, 2.45) is 17.8 Å². The number of carbonyl (C=O) groups is 1. The molecule has 0 bridgehead atoms. The molecule has 3 N–H and O–H groups in total. The van der Waals surface area contributed by atoms with E-state index in [2.05, 4.69) is 32.2 Å². The summed E-state index contributed by atoms with van der Waals surface area (Å²) >= 11 is 1.34. The van der Waals surface area contributed by atoms with Crippen LogP contribution in [0.5, 0.6) is 5.75 Å². The molecule has 0 radical (unpaired) electrons. The Balaban J connectivity index is 1.60. The second-order valence-corrected chi connectivity index (χ2v) is 9.70. The number of rotatable bonds is 7. The number of amides is 1. The number of hydrogen-bond acceptors (Lipinski definition) is 5. The van der Waals surface area contributed by atoms with E-state index in [1.54, 1.807) is 12.1 Å². The van der Waals surface area contributed by atoms with Gasteiger partial charge in [0.2, 0.25) is 5.91 Å². The molecule has 1 fully saturated rings. The Bertz CT molecular complexity index is 954. The van der Waals surface area contributed by atoms with Crippen LogP contribution in [0.4, 0.5) is 11.4 Å². The van der Waals surface area contributed by atoms with Gasteiger partial charge in [-0.25, -0.2) is 0 Å². The number of nitrogens with two attached hydrogens (primary N) is 1. The van der Waals surface area contributed by atoms with Crippen LogP contribution in [0.3, 0.4) is 0 Å². The van der Waals surface area contributed by atoms with Gasteiger partial charge in [0.15, 0.2) is 0 Å². The van der Waals surface area contributed by atoms with Crippen molar-refractivity contribution < 1.29 is 9.53 Å². The minimum absolute atomic E-state index is 0.146. The van der Waals surface area contributed by atoms with Crippen molar-refractivity contribution in [3.63, 3.8) is 0 Å². The Labute approximate surface area is 189 Å². The maximum absolute atomic E-state index is 12.4. The van der Waals surface area contributed by atoms with E-state index in [1.807, 2.05) is 30.3 Å². The van der Waals surface area contributed by atoms with Crippen LogP contribution in [0.25, 0.3) is 0 Å². The molecule has 6 heteroatoms. The van der Waals surface area contributed by atoms with Gasteiger partial charge in [-0.15, -0.1) is 11.8 Å². The van der Waals surface area contributed by atoms with Crippen LogP contribution in [0.15, 0.2) is 47.4 Å². The van der Waals surface area contributed by atoms with Gasteiger partial charge < -0.3 is 15.8 Å². The minimum Gasteiger partial charge on any atom is -0.488 e. The smallest absolute Gasteiger partial charge is 0.234 e. The maximum atomic E-state index is 12.4. The number of nitriles is 1. The SMILES string of the molecule is CC(C)[C@@H]1CC[C@@H](C)CC1Oc1ccc(NC(=O)CSc2ccccc2C#N)cc1N. The monoisotopic (exact) mass is 437 g/mol. The third kappa shape index (κ3) is 6.18. The van der Waals surface area contributed by atoms with Crippen molar-refractivity contribution >= 4 is 29.0 Å². The Kier molecular flexibility index (Phi) is 7.86. The first-order valence-electron chi connectivity index (χ1n) is 10.8. The standard InChI is InChI=1S/C25H31N3O2S/c1-16(2)20-10-8-17(3)12-23(20)30-22-11-9-19(13-21(22)27)28-25(29)15-31-24-7-5-4-6-18(24)14-26/h4-7,9,11,13,16-17,20,23H,8,10,12,15,27H2,1-3H3,(H,28,29)/t17-,20+,23?/m1/s1. The number of nitrogens with zero attached hydrogens (tertiary/aromatic N) is 1. The third-order valence-electron chi connectivity index (χ3n) is 5.90. The Morgan fingerprint density at radius 3 is 2.77 bits per heavy atom. The molecule has 0 spiro atoms. The molecule has 1 saturated carbocycles. The summed E-state index contributed by atoms with van der Waals surface area (Å²) in [4.78, 5) is 13.2. The maximum Gasteiger partial charge on any atom is 0.234 e. The molecule has 2 aromatic carbocycles. The molecule has 3 atom stereocenters. The lowest BCUT2D eigenvalue weighted by Crippen LogP contribution is -2.36. The molecule has 164 valence electrons. The van der Waals surface area contributed by atoms with E-state index in [9.17, 15) is 4.79 Å². The fourth-order valence-corrected chi connectivity index (χ4v) is 4.97. The van der Waals surface area contributed by atoms with E-state index in [1.165, 1.54) is 24.6 Å². The van der Waals surface area contributed by atoms with Gasteiger partial charge in [-0.3, -0.25) is 4.79 Å². The molecule has 5 nitrogen and oxygen atoms in total. The zero-order chi connectivity index (χ0) is 22.4. The molecule has 3 rings (SSSR count). The quantitative estimate of drug-likeness (QED) is 0.428. The predicted molar refractivity (Wildman–Crippen MR) is 127 cm³/mol. The second-order valence-electron chi connectivity index (χ2n) is 8.68. The zero-order valence-corrected chi connectivity index (χ0v) is 19.2. The first kappa shape index (κ1) is 23.0. The lowest BCUT2D eigenvalue weighted by Gasteiger charge is -2.37. The van der Waals surface area contributed by atoms with Crippen LogP contribution >= 0.6 is 11.8 Å². The summed E-state index contributed by atoms with van der Waals surface area (Å²) in [6.45, 7) is 6.79. The average molecular weight is 438 g/mol. The average Bonchev–Trinajstić information content (AvgIpc) is 2.74. The van der Waals surface area contributed by atoms with Gasteiger partial charge in [0.1, 0.15) is 17.9 Å². The summed E-state index contributed by atoms with van der Waals surface area (Å²) in [5, 5.41) is 12.0. The van der Waals surface area contributed by atoms with Crippen LogP contribution < -0.4 is 15.8 Å². The van der Waals surface area contributed by atoms with E-state index >= 15 is 0 Å². The molecule has 0 heterocycles. The zero-order valence-electron chi connectivity index (χ0n) is 18.4. The van der Waals surface area contributed by atoms with Gasteiger partial charge in [-0.2, -0.15) is 5.26 Å². The number of benzene rings is 2. The van der Waals surface area contributed by atoms with Crippen molar-refractivity contribution in [1.82, 2.24) is 0 Å². The number of carbonyl (C=O) groups excluding carboxylic acids is 1. The van der Waals surface area contributed by atoms with Crippen LogP contribution in [0.2, 0.25) is 0 Å². The third-order valence-corrected chi connectivity index (χ3v) is 6.97. The molecule has 0 saturated heterocycles. The summed E-state index contributed by atoms with van der Waals surface area (Å²) in [6.07, 6.45) is 3.65. The number of thioether (sulfide) groups is 1. The van der Waals surface area contributed by atoms with E-state index in [-0.39, 0.29) is 17.8 Å². The number of nitrogens with one attached hydrogen (secondary N) is 1.